The van der Waals surface area contributed by atoms with E-state index >= 15 is 0 Å². The van der Waals surface area contributed by atoms with Crippen LogP contribution in [-0.2, 0) is 9.53 Å². The van der Waals surface area contributed by atoms with E-state index in [1.54, 1.807) is 0 Å². The Morgan fingerprint density at radius 3 is 2.65 bits per heavy atom. The number of nitrogens with zero attached hydrogens (tertiary/aromatic N) is 1. The molecule has 1 saturated heterocycles. The van der Waals surface area contributed by atoms with Crippen LogP contribution in [0, 0.1) is 5.92 Å². The minimum absolute atomic E-state index is 0.309. The topological polar surface area (TPSA) is 49.8 Å². The highest BCUT2D eigenvalue weighted by Crippen LogP contribution is 2.15. The minimum Gasteiger partial charge on any atom is -0.481 e. The van der Waals surface area contributed by atoms with Gasteiger partial charge in [0, 0.05) is 26.2 Å². The molecule has 1 aliphatic heterocycles. The highest BCUT2D eigenvalue weighted by atomic mass is 16.5. The number of carbonyl (C=O) groups is 1. The summed E-state index contributed by atoms with van der Waals surface area (Å²) in [7, 11) is 2.16. The van der Waals surface area contributed by atoms with Gasteiger partial charge in [-0.25, -0.2) is 0 Å². The molecule has 1 N–H and O–H groups in total. The Morgan fingerprint density at radius 1 is 1.29 bits per heavy atom. The van der Waals surface area contributed by atoms with Crippen LogP contribution in [0.15, 0.2) is 0 Å². The molecule has 1 aliphatic rings. The average Bonchev–Trinajstić information content (AvgIpc) is 2.29. The molecule has 1 heterocycles. The number of carboxylic acids is 1. The quantitative estimate of drug-likeness (QED) is 0.662. The second-order valence-electron chi connectivity index (χ2n) is 5.02. The van der Waals surface area contributed by atoms with E-state index in [2.05, 4.69) is 11.9 Å². The zero-order chi connectivity index (χ0) is 12.5. The fourth-order valence-corrected chi connectivity index (χ4v) is 2.30. The first-order valence-corrected chi connectivity index (χ1v) is 6.66. The van der Waals surface area contributed by atoms with Crippen LogP contribution >= 0.6 is 0 Å². The van der Waals surface area contributed by atoms with Crippen molar-refractivity contribution in [3.8, 4) is 0 Å². The molecule has 17 heavy (non-hydrogen) atoms. The summed E-state index contributed by atoms with van der Waals surface area (Å²) in [5.41, 5.74) is 0. The van der Waals surface area contributed by atoms with Gasteiger partial charge in [-0.1, -0.05) is 6.42 Å². The summed E-state index contributed by atoms with van der Waals surface area (Å²) in [5, 5.41) is 8.52. The van der Waals surface area contributed by atoms with Crippen LogP contribution in [0.25, 0.3) is 0 Å². The minimum atomic E-state index is -0.680. The molecular weight excluding hydrogens is 218 g/mol. The summed E-state index contributed by atoms with van der Waals surface area (Å²) in [4.78, 5) is 12.7. The molecule has 0 spiro atoms. The van der Waals surface area contributed by atoms with Crippen LogP contribution in [0.3, 0.4) is 0 Å². The zero-order valence-corrected chi connectivity index (χ0v) is 10.9. The Morgan fingerprint density at radius 2 is 2.00 bits per heavy atom. The van der Waals surface area contributed by atoms with Gasteiger partial charge in [-0.2, -0.15) is 0 Å². The lowest BCUT2D eigenvalue weighted by Gasteiger charge is -2.27. The fraction of sp³-hybridized carbons (Fsp3) is 0.923. The molecule has 4 heteroatoms. The normalized spacial score (nSPS) is 17.5. The Kier molecular flexibility index (Phi) is 7.21. The van der Waals surface area contributed by atoms with Crippen LogP contribution in [-0.4, -0.2) is 49.3 Å². The summed E-state index contributed by atoms with van der Waals surface area (Å²) < 4.78 is 5.34. The van der Waals surface area contributed by atoms with Gasteiger partial charge in [-0.3, -0.25) is 4.79 Å². The van der Waals surface area contributed by atoms with Crippen molar-refractivity contribution < 1.29 is 14.6 Å². The van der Waals surface area contributed by atoms with Gasteiger partial charge in [0.1, 0.15) is 0 Å². The SMILES string of the molecule is CN(CCCCCC(=O)O)CC1CCOCC1. The van der Waals surface area contributed by atoms with Crippen molar-refractivity contribution >= 4 is 5.97 Å². The van der Waals surface area contributed by atoms with Gasteiger partial charge in [0.05, 0.1) is 0 Å². The van der Waals surface area contributed by atoms with Crippen LogP contribution in [0.1, 0.15) is 38.5 Å². The predicted octanol–water partition coefficient (Wildman–Crippen LogP) is 1.99. The molecule has 0 aliphatic carbocycles. The van der Waals surface area contributed by atoms with Crippen LogP contribution in [0.2, 0.25) is 0 Å². The molecule has 0 atom stereocenters. The Balaban J connectivity index is 1.96. The van der Waals surface area contributed by atoms with Gasteiger partial charge in [0.2, 0.25) is 0 Å². The first kappa shape index (κ1) is 14.5. The van der Waals surface area contributed by atoms with E-state index in [9.17, 15) is 4.79 Å². The molecule has 0 unspecified atom stereocenters. The first-order chi connectivity index (χ1) is 8.18. The van der Waals surface area contributed by atoms with Crippen molar-refractivity contribution in [2.24, 2.45) is 5.92 Å². The molecule has 0 aromatic heterocycles. The van der Waals surface area contributed by atoms with Crippen molar-refractivity contribution in [2.75, 3.05) is 33.4 Å². The Hall–Kier alpha value is -0.610. The van der Waals surface area contributed by atoms with Gasteiger partial charge in [0.25, 0.3) is 0 Å². The molecule has 0 saturated carbocycles. The molecule has 100 valence electrons. The lowest BCUT2D eigenvalue weighted by Crippen LogP contribution is -2.30. The third kappa shape index (κ3) is 7.34. The molecule has 4 nitrogen and oxygen atoms in total. The number of ether oxygens (including phenoxy) is 1. The van der Waals surface area contributed by atoms with E-state index in [1.807, 2.05) is 0 Å². The number of hydrogen-bond donors (Lipinski definition) is 1. The number of hydrogen-bond acceptors (Lipinski definition) is 3. The molecule has 1 fully saturated rings. The van der Waals surface area contributed by atoms with Crippen LogP contribution in [0.5, 0.6) is 0 Å². The highest BCUT2D eigenvalue weighted by Gasteiger charge is 2.15. The van der Waals surface area contributed by atoms with Gasteiger partial charge < -0.3 is 14.7 Å². The van der Waals surface area contributed by atoms with Crippen molar-refractivity contribution in [2.45, 2.75) is 38.5 Å². The third-order valence-corrected chi connectivity index (χ3v) is 3.34. The number of aliphatic carboxylic acids is 1. The second kappa shape index (κ2) is 8.48. The van der Waals surface area contributed by atoms with Gasteiger partial charge >= 0.3 is 5.97 Å². The number of unbranched alkanes of at least 4 members (excludes halogenated alkanes) is 2. The average molecular weight is 243 g/mol. The maximum atomic E-state index is 10.3. The van der Waals surface area contributed by atoms with Crippen LogP contribution < -0.4 is 0 Å². The lowest BCUT2D eigenvalue weighted by atomic mass is 10.00. The third-order valence-electron chi connectivity index (χ3n) is 3.34. The Bertz CT molecular complexity index is 215. The summed E-state index contributed by atoms with van der Waals surface area (Å²) in [5.74, 6) is 0.105. The lowest BCUT2D eigenvalue weighted by molar-refractivity contribution is -0.137. The van der Waals surface area contributed by atoms with Crippen molar-refractivity contribution in [3.05, 3.63) is 0 Å². The molecule has 0 bridgehead atoms. The van der Waals surface area contributed by atoms with Gasteiger partial charge in [-0.05, 0) is 45.2 Å². The number of carboxylic acid groups (broad SMARTS) is 1. The van der Waals surface area contributed by atoms with E-state index in [0.717, 1.165) is 51.5 Å². The molecular formula is C13H25NO3. The standard InChI is InChI=1S/C13H25NO3/c1-14(8-4-2-3-5-13(15)16)11-12-6-9-17-10-7-12/h12H,2-11H2,1H3,(H,15,16). The highest BCUT2D eigenvalue weighted by molar-refractivity contribution is 5.66. The maximum absolute atomic E-state index is 10.3. The molecule has 0 aromatic rings. The molecule has 0 amide bonds. The number of rotatable bonds is 8. The summed E-state index contributed by atoms with van der Waals surface area (Å²) in [6, 6.07) is 0. The van der Waals surface area contributed by atoms with Crippen molar-refractivity contribution in [3.63, 3.8) is 0 Å². The smallest absolute Gasteiger partial charge is 0.303 e. The van der Waals surface area contributed by atoms with Crippen molar-refractivity contribution in [1.82, 2.24) is 4.90 Å². The summed E-state index contributed by atoms with van der Waals surface area (Å²) in [6.07, 6.45) is 5.61. The van der Waals surface area contributed by atoms with Crippen molar-refractivity contribution in [1.29, 1.82) is 0 Å². The van der Waals surface area contributed by atoms with E-state index in [-0.39, 0.29) is 0 Å². The second-order valence-corrected chi connectivity index (χ2v) is 5.02. The predicted molar refractivity (Wildman–Crippen MR) is 67.1 cm³/mol. The fourth-order valence-electron chi connectivity index (χ4n) is 2.30. The largest absolute Gasteiger partial charge is 0.481 e. The zero-order valence-electron chi connectivity index (χ0n) is 10.9. The molecule has 0 aromatic carbocycles. The maximum Gasteiger partial charge on any atom is 0.303 e. The van der Waals surface area contributed by atoms with E-state index in [0.29, 0.717) is 6.42 Å². The van der Waals surface area contributed by atoms with Gasteiger partial charge in [0.15, 0.2) is 0 Å². The van der Waals surface area contributed by atoms with Crippen LogP contribution in [0.4, 0.5) is 0 Å². The van der Waals surface area contributed by atoms with Gasteiger partial charge in [-0.15, -0.1) is 0 Å². The van der Waals surface area contributed by atoms with E-state index in [1.165, 1.54) is 12.8 Å². The van der Waals surface area contributed by atoms with E-state index < -0.39 is 5.97 Å². The summed E-state index contributed by atoms with van der Waals surface area (Å²) in [6.45, 7) is 4.06. The molecule has 1 rings (SSSR count). The van der Waals surface area contributed by atoms with E-state index in [4.69, 9.17) is 9.84 Å². The molecule has 0 radical (unpaired) electrons. The first-order valence-electron chi connectivity index (χ1n) is 6.66. The monoisotopic (exact) mass is 243 g/mol. The summed E-state index contributed by atoms with van der Waals surface area (Å²) >= 11 is 0. The Labute approximate surface area is 104 Å².